The van der Waals surface area contributed by atoms with Gasteiger partial charge in [-0.15, -0.1) is 0 Å². The first-order valence-corrected chi connectivity index (χ1v) is 8.25. The summed E-state index contributed by atoms with van der Waals surface area (Å²) in [4.78, 5) is 25.8. The summed E-state index contributed by atoms with van der Waals surface area (Å²) in [5.41, 5.74) is 1.67. The number of aryl methyl sites for hydroxylation is 1. The van der Waals surface area contributed by atoms with Crippen LogP contribution in [0.25, 0.3) is 5.69 Å². The molecule has 6 nitrogen and oxygen atoms in total. The summed E-state index contributed by atoms with van der Waals surface area (Å²) in [5.74, 6) is -2.05. The van der Waals surface area contributed by atoms with Gasteiger partial charge in [0.25, 0.3) is 5.91 Å². The van der Waals surface area contributed by atoms with E-state index in [-0.39, 0.29) is 23.5 Å². The Morgan fingerprint density at radius 2 is 1.96 bits per heavy atom. The maximum Gasteiger partial charge on any atom is 0.308 e. The Morgan fingerprint density at radius 3 is 2.60 bits per heavy atom. The highest BCUT2D eigenvalue weighted by atomic mass is 19.1. The number of hydrogen-bond donors (Lipinski definition) is 1. The minimum Gasteiger partial charge on any atom is -0.481 e. The van der Waals surface area contributed by atoms with Crippen LogP contribution in [-0.4, -0.2) is 44.3 Å². The summed E-state index contributed by atoms with van der Waals surface area (Å²) in [6.07, 6.45) is 1.23. The predicted octanol–water partition coefficient (Wildman–Crippen LogP) is 2.65. The number of likely N-dealkylation sites (tertiary alicyclic amines) is 1. The molecule has 0 unspecified atom stereocenters. The second-order valence-electron chi connectivity index (χ2n) is 6.39. The molecule has 1 fully saturated rings. The molecule has 0 aliphatic carbocycles. The van der Waals surface area contributed by atoms with Gasteiger partial charge in [0.1, 0.15) is 5.82 Å². The number of carbonyl (C=O) groups is 2. The number of amides is 1. The number of nitrogens with zero attached hydrogens (tertiary/aromatic N) is 3. The molecule has 2 heterocycles. The van der Waals surface area contributed by atoms with E-state index in [0.717, 1.165) is 5.69 Å². The number of carboxylic acid groups (broad SMARTS) is 1. The highest BCUT2D eigenvalue weighted by molar-refractivity contribution is 5.93. The van der Waals surface area contributed by atoms with Crippen LogP contribution in [0.3, 0.4) is 0 Å². The molecule has 0 bridgehead atoms. The average molecular weight is 345 g/mol. The van der Waals surface area contributed by atoms with Crippen molar-refractivity contribution in [2.75, 3.05) is 6.54 Å². The molecule has 1 aromatic carbocycles. The van der Waals surface area contributed by atoms with Gasteiger partial charge in [0.05, 0.1) is 11.6 Å². The van der Waals surface area contributed by atoms with E-state index in [2.05, 4.69) is 5.10 Å². The molecule has 1 aromatic heterocycles. The molecule has 3 rings (SSSR count). The Kier molecular flexibility index (Phi) is 4.57. The van der Waals surface area contributed by atoms with Crippen molar-refractivity contribution in [2.45, 2.75) is 32.7 Å². The molecule has 2 atom stereocenters. The Bertz CT molecular complexity index is 800. The molecule has 1 aliphatic rings. The third kappa shape index (κ3) is 3.26. The van der Waals surface area contributed by atoms with Crippen LogP contribution in [0.4, 0.5) is 4.39 Å². The maximum absolute atomic E-state index is 13.1. The van der Waals surface area contributed by atoms with Gasteiger partial charge in [-0.2, -0.15) is 5.10 Å². The second kappa shape index (κ2) is 6.66. The fourth-order valence-corrected chi connectivity index (χ4v) is 3.33. The summed E-state index contributed by atoms with van der Waals surface area (Å²) >= 11 is 0. The number of piperidine rings is 1. The SMILES string of the molecule is Cc1cc(C(=O)N2CCC[C@@H](C(=O)O)[C@H]2C)nn1-c1ccc(F)cc1. The number of hydrogen-bond acceptors (Lipinski definition) is 3. The molecule has 1 N–H and O–H groups in total. The van der Waals surface area contributed by atoms with Gasteiger partial charge in [-0.1, -0.05) is 0 Å². The molecule has 7 heteroatoms. The van der Waals surface area contributed by atoms with Crippen LogP contribution < -0.4 is 0 Å². The fraction of sp³-hybridized carbons (Fsp3) is 0.389. The van der Waals surface area contributed by atoms with Crippen molar-refractivity contribution in [1.82, 2.24) is 14.7 Å². The van der Waals surface area contributed by atoms with Gasteiger partial charge in [-0.3, -0.25) is 9.59 Å². The summed E-state index contributed by atoms with van der Waals surface area (Å²) in [6, 6.07) is 7.14. The van der Waals surface area contributed by atoms with Crippen LogP contribution in [0.5, 0.6) is 0 Å². The topological polar surface area (TPSA) is 75.4 Å². The molecule has 0 radical (unpaired) electrons. The molecule has 0 spiro atoms. The Hall–Kier alpha value is -2.70. The van der Waals surface area contributed by atoms with Crippen molar-refractivity contribution >= 4 is 11.9 Å². The second-order valence-corrected chi connectivity index (χ2v) is 6.39. The van der Waals surface area contributed by atoms with Gasteiger partial charge in [0, 0.05) is 18.3 Å². The highest BCUT2D eigenvalue weighted by Crippen LogP contribution is 2.25. The number of carbonyl (C=O) groups excluding carboxylic acids is 1. The van der Waals surface area contributed by atoms with E-state index < -0.39 is 11.9 Å². The summed E-state index contributed by atoms with van der Waals surface area (Å²) in [7, 11) is 0. The molecular weight excluding hydrogens is 325 g/mol. The molecule has 132 valence electrons. The normalized spacial score (nSPS) is 20.5. The largest absolute Gasteiger partial charge is 0.481 e. The maximum atomic E-state index is 13.1. The van der Waals surface area contributed by atoms with Crippen molar-refractivity contribution in [3.63, 3.8) is 0 Å². The minimum atomic E-state index is -0.877. The van der Waals surface area contributed by atoms with Gasteiger partial charge >= 0.3 is 5.97 Å². The average Bonchev–Trinajstić information content (AvgIpc) is 2.97. The predicted molar refractivity (Wildman–Crippen MR) is 89.1 cm³/mol. The number of aliphatic carboxylic acids is 1. The van der Waals surface area contributed by atoms with Gasteiger partial charge in [-0.25, -0.2) is 9.07 Å². The van der Waals surface area contributed by atoms with E-state index in [4.69, 9.17) is 0 Å². The van der Waals surface area contributed by atoms with Gasteiger partial charge in [0.2, 0.25) is 0 Å². The number of rotatable bonds is 3. The zero-order valence-electron chi connectivity index (χ0n) is 14.1. The Morgan fingerprint density at radius 1 is 1.28 bits per heavy atom. The zero-order valence-corrected chi connectivity index (χ0v) is 14.1. The number of aromatic nitrogens is 2. The lowest BCUT2D eigenvalue weighted by molar-refractivity contribution is -0.144. The van der Waals surface area contributed by atoms with Crippen LogP contribution in [-0.2, 0) is 4.79 Å². The van der Waals surface area contributed by atoms with Crippen LogP contribution in [0.15, 0.2) is 30.3 Å². The highest BCUT2D eigenvalue weighted by Gasteiger charge is 2.36. The van der Waals surface area contributed by atoms with E-state index in [1.165, 1.54) is 12.1 Å². The molecule has 1 amide bonds. The lowest BCUT2D eigenvalue weighted by Gasteiger charge is -2.37. The molecular formula is C18H20FN3O3. The van der Waals surface area contributed by atoms with Crippen molar-refractivity contribution in [3.8, 4) is 5.69 Å². The fourth-order valence-electron chi connectivity index (χ4n) is 3.33. The molecule has 2 aromatic rings. The number of halogens is 1. The van der Waals surface area contributed by atoms with Crippen molar-refractivity contribution < 1.29 is 19.1 Å². The monoisotopic (exact) mass is 345 g/mol. The number of benzene rings is 1. The van der Waals surface area contributed by atoms with E-state index in [1.807, 2.05) is 6.92 Å². The molecule has 1 aliphatic heterocycles. The lowest BCUT2D eigenvalue weighted by atomic mass is 9.90. The zero-order chi connectivity index (χ0) is 18.1. The van der Waals surface area contributed by atoms with E-state index in [0.29, 0.717) is 25.1 Å². The number of carboxylic acids is 1. The van der Waals surface area contributed by atoms with Crippen molar-refractivity contribution in [1.29, 1.82) is 0 Å². The summed E-state index contributed by atoms with van der Waals surface area (Å²) in [6.45, 7) is 4.10. The lowest BCUT2D eigenvalue weighted by Crippen LogP contribution is -2.49. The quantitative estimate of drug-likeness (QED) is 0.928. The first kappa shape index (κ1) is 17.1. The van der Waals surface area contributed by atoms with E-state index in [9.17, 15) is 19.1 Å². The van der Waals surface area contributed by atoms with Gasteiger partial charge < -0.3 is 10.0 Å². The van der Waals surface area contributed by atoms with Crippen molar-refractivity contribution in [3.05, 3.63) is 47.5 Å². The first-order valence-electron chi connectivity index (χ1n) is 8.25. The standard InChI is InChI=1S/C18H20FN3O3/c1-11-10-16(20-22(11)14-7-5-13(19)6-8-14)17(23)21-9-3-4-15(12(21)2)18(24)25/h5-8,10,12,15H,3-4,9H2,1-2H3,(H,24,25)/t12-,15-/m1/s1. The third-order valence-electron chi connectivity index (χ3n) is 4.74. The third-order valence-corrected chi connectivity index (χ3v) is 4.74. The molecule has 25 heavy (non-hydrogen) atoms. The summed E-state index contributed by atoms with van der Waals surface area (Å²) < 4.78 is 14.7. The summed E-state index contributed by atoms with van der Waals surface area (Å²) in [5, 5.41) is 13.7. The smallest absolute Gasteiger partial charge is 0.308 e. The molecule has 1 saturated heterocycles. The molecule has 0 saturated carbocycles. The van der Waals surface area contributed by atoms with Crippen LogP contribution in [0.2, 0.25) is 0 Å². The van der Waals surface area contributed by atoms with E-state index in [1.54, 1.807) is 34.7 Å². The van der Waals surface area contributed by atoms with Crippen LogP contribution >= 0.6 is 0 Å². The van der Waals surface area contributed by atoms with Crippen LogP contribution in [0.1, 0.15) is 35.9 Å². The van der Waals surface area contributed by atoms with Crippen LogP contribution in [0, 0.1) is 18.7 Å². The minimum absolute atomic E-state index is 0.264. The Balaban J connectivity index is 1.87. The Labute approximate surface area is 144 Å². The van der Waals surface area contributed by atoms with Gasteiger partial charge in [0.15, 0.2) is 5.69 Å². The van der Waals surface area contributed by atoms with Crippen molar-refractivity contribution in [2.24, 2.45) is 5.92 Å². The van der Waals surface area contributed by atoms with Gasteiger partial charge in [-0.05, 0) is 57.0 Å². The van der Waals surface area contributed by atoms with E-state index >= 15 is 0 Å². The first-order chi connectivity index (χ1) is 11.9.